The minimum atomic E-state index is -4.44. The molecule has 2 N–H and O–H groups in total. The van der Waals surface area contributed by atoms with Gasteiger partial charge < -0.3 is 10.6 Å². The van der Waals surface area contributed by atoms with Crippen LogP contribution in [-0.4, -0.2) is 10.9 Å². The molecule has 0 aromatic heterocycles. The first-order chi connectivity index (χ1) is 13.3. The number of anilines is 2. The zero-order chi connectivity index (χ0) is 20.1. The van der Waals surface area contributed by atoms with Crippen molar-refractivity contribution < 1.29 is 18.0 Å². The molecule has 0 heterocycles. The second-order valence-corrected chi connectivity index (χ2v) is 6.31. The van der Waals surface area contributed by atoms with Gasteiger partial charge in [0.1, 0.15) is 0 Å². The van der Waals surface area contributed by atoms with E-state index in [2.05, 4.69) is 10.6 Å². The van der Waals surface area contributed by atoms with Gasteiger partial charge in [-0.3, -0.25) is 4.79 Å². The Bertz CT molecular complexity index is 1000. The maximum absolute atomic E-state index is 12.8. The third-order valence-electron chi connectivity index (χ3n) is 3.90. The lowest BCUT2D eigenvalue weighted by molar-refractivity contribution is -0.137. The Labute approximate surface area is 165 Å². The second kappa shape index (κ2) is 8.22. The van der Waals surface area contributed by atoms with Crippen LogP contribution in [0.2, 0.25) is 0 Å². The summed E-state index contributed by atoms with van der Waals surface area (Å²) >= 11 is 5.20. The first-order valence-electron chi connectivity index (χ1n) is 8.28. The Hall–Kier alpha value is -3.19. The molecule has 28 heavy (non-hydrogen) atoms. The number of rotatable bonds is 4. The molecule has 0 radical (unpaired) electrons. The fraction of sp³-hybridized carbons (Fsp3) is 0.0476. The van der Waals surface area contributed by atoms with E-state index in [1.807, 2.05) is 6.07 Å². The number of carbonyl (C=O) groups excluding carboxylic acids is 1. The zero-order valence-electron chi connectivity index (χ0n) is 14.5. The van der Waals surface area contributed by atoms with Crippen molar-refractivity contribution in [2.24, 2.45) is 0 Å². The monoisotopic (exact) mass is 400 g/mol. The van der Waals surface area contributed by atoms with Crippen LogP contribution in [0, 0.1) is 0 Å². The maximum Gasteiger partial charge on any atom is 0.416 e. The average molecular weight is 400 g/mol. The highest BCUT2D eigenvalue weighted by atomic mass is 32.1. The van der Waals surface area contributed by atoms with Gasteiger partial charge in [-0.2, -0.15) is 13.2 Å². The lowest BCUT2D eigenvalue weighted by Gasteiger charge is -2.15. The summed E-state index contributed by atoms with van der Waals surface area (Å²) in [6, 6.07) is 20.3. The van der Waals surface area contributed by atoms with E-state index in [0.717, 1.165) is 12.1 Å². The highest BCUT2D eigenvalue weighted by Crippen LogP contribution is 2.30. The minimum Gasteiger partial charge on any atom is -0.332 e. The van der Waals surface area contributed by atoms with Crippen molar-refractivity contribution in [3.05, 3.63) is 95.6 Å². The zero-order valence-corrected chi connectivity index (χ0v) is 15.3. The van der Waals surface area contributed by atoms with Crippen molar-refractivity contribution in [2.75, 3.05) is 10.6 Å². The molecule has 142 valence electrons. The number of halogens is 3. The lowest BCUT2D eigenvalue weighted by Crippen LogP contribution is -2.21. The van der Waals surface area contributed by atoms with Gasteiger partial charge in [0.2, 0.25) is 0 Å². The van der Waals surface area contributed by atoms with E-state index in [4.69, 9.17) is 12.2 Å². The number of hydrogen-bond donors (Lipinski definition) is 2. The molecule has 3 rings (SSSR count). The van der Waals surface area contributed by atoms with E-state index in [9.17, 15) is 18.0 Å². The van der Waals surface area contributed by atoms with E-state index >= 15 is 0 Å². The maximum atomic E-state index is 12.8. The summed E-state index contributed by atoms with van der Waals surface area (Å²) < 4.78 is 38.5. The van der Waals surface area contributed by atoms with Crippen molar-refractivity contribution in [2.45, 2.75) is 6.18 Å². The van der Waals surface area contributed by atoms with Crippen LogP contribution in [-0.2, 0) is 6.18 Å². The van der Waals surface area contributed by atoms with Crippen LogP contribution in [0.25, 0.3) is 0 Å². The minimum absolute atomic E-state index is 0.0765. The molecule has 0 aliphatic heterocycles. The molecule has 0 bridgehead atoms. The first-order valence-corrected chi connectivity index (χ1v) is 8.69. The molecule has 0 fully saturated rings. The van der Waals surface area contributed by atoms with Gasteiger partial charge in [0.25, 0.3) is 0 Å². The third kappa shape index (κ3) is 4.75. The van der Waals surface area contributed by atoms with Gasteiger partial charge in [0, 0.05) is 16.8 Å². The van der Waals surface area contributed by atoms with Crippen molar-refractivity contribution in [1.82, 2.24) is 0 Å². The van der Waals surface area contributed by atoms with E-state index < -0.39 is 11.7 Å². The molecule has 0 saturated heterocycles. The average Bonchev–Trinajstić information content (AvgIpc) is 2.68. The molecule has 0 spiro atoms. The van der Waals surface area contributed by atoms with Crippen LogP contribution >= 0.6 is 12.2 Å². The first kappa shape index (κ1) is 19.6. The van der Waals surface area contributed by atoms with E-state index in [1.54, 1.807) is 48.5 Å². The summed E-state index contributed by atoms with van der Waals surface area (Å²) in [5.41, 5.74) is 0.801. The topological polar surface area (TPSA) is 41.1 Å². The molecule has 0 saturated carbocycles. The van der Waals surface area contributed by atoms with Crippen LogP contribution in [0.4, 0.5) is 24.5 Å². The summed E-state index contributed by atoms with van der Waals surface area (Å²) in [7, 11) is 0. The predicted molar refractivity (Wildman–Crippen MR) is 108 cm³/mol. The van der Waals surface area contributed by atoms with E-state index in [-0.39, 0.29) is 16.6 Å². The molecular weight excluding hydrogens is 385 g/mol. The van der Waals surface area contributed by atoms with Crippen molar-refractivity contribution in [3.63, 3.8) is 0 Å². The predicted octanol–water partition coefficient (Wildman–Crippen LogP) is 5.75. The lowest BCUT2D eigenvalue weighted by atomic mass is 10.0. The van der Waals surface area contributed by atoms with Gasteiger partial charge >= 0.3 is 6.18 Å². The molecule has 0 amide bonds. The van der Waals surface area contributed by atoms with Gasteiger partial charge in [-0.15, -0.1) is 0 Å². The SMILES string of the molecule is O=C(c1ccccc1)c1ccccc1NC(=S)Nc1cccc(C(F)(F)F)c1. The van der Waals surface area contributed by atoms with Crippen LogP contribution in [0.1, 0.15) is 21.5 Å². The third-order valence-corrected chi connectivity index (χ3v) is 4.11. The van der Waals surface area contributed by atoms with Crippen molar-refractivity contribution in [1.29, 1.82) is 0 Å². The summed E-state index contributed by atoms with van der Waals surface area (Å²) in [5.74, 6) is -0.189. The highest BCUT2D eigenvalue weighted by Gasteiger charge is 2.30. The number of hydrogen-bond acceptors (Lipinski definition) is 2. The highest BCUT2D eigenvalue weighted by molar-refractivity contribution is 7.80. The fourth-order valence-corrected chi connectivity index (χ4v) is 2.82. The van der Waals surface area contributed by atoms with Crippen LogP contribution in [0.15, 0.2) is 78.9 Å². The standard InChI is InChI=1S/C21H15F3N2OS/c22-21(23,24)15-9-6-10-16(13-15)25-20(28)26-18-12-5-4-11-17(18)19(27)14-7-2-1-3-8-14/h1-13H,(H2,25,26,28). The number of para-hydroxylation sites is 1. The van der Waals surface area contributed by atoms with Crippen molar-refractivity contribution >= 4 is 34.5 Å². The number of benzene rings is 3. The van der Waals surface area contributed by atoms with Crippen LogP contribution in [0.5, 0.6) is 0 Å². The molecule has 0 atom stereocenters. The quantitative estimate of drug-likeness (QED) is 0.433. The van der Waals surface area contributed by atoms with Gasteiger partial charge in [0.15, 0.2) is 10.9 Å². The molecule has 0 aliphatic carbocycles. The molecule has 3 aromatic carbocycles. The Balaban J connectivity index is 1.78. The van der Waals surface area contributed by atoms with E-state index in [1.165, 1.54) is 12.1 Å². The Morgan fingerprint density at radius 3 is 2.21 bits per heavy atom. The van der Waals surface area contributed by atoms with Crippen LogP contribution < -0.4 is 10.6 Å². The Morgan fingerprint density at radius 1 is 0.821 bits per heavy atom. The van der Waals surface area contributed by atoms with Gasteiger partial charge in [-0.25, -0.2) is 0 Å². The number of alkyl halides is 3. The number of ketones is 1. The summed E-state index contributed by atoms with van der Waals surface area (Å²) in [4.78, 5) is 12.7. The summed E-state index contributed by atoms with van der Waals surface area (Å²) in [6.45, 7) is 0. The second-order valence-electron chi connectivity index (χ2n) is 5.90. The molecule has 7 heteroatoms. The van der Waals surface area contributed by atoms with Crippen molar-refractivity contribution in [3.8, 4) is 0 Å². The van der Waals surface area contributed by atoms with E-state index in [0.29, 0.717) is 16.8 Å². The van der Waals surface area contributed by atoms with Gasteiger partial charge in [-0.05, 0) is 42.5 Å². The summed E-state index contributed by atoms with van der Waals surface area (Å²) in [5, 5.41) is 5.68. The van der Waals surface area contributed by atoms with Gasteiger partial charge in [-0.1, -0.05) is 48.5 Å². The van der Waals surface area contributed by atoms with Crippen LogP contribution in [0.3, 0.4) is 0 Å². The fourth-order valence-electron chi connectivity index (χ4n) is 2.59. The molecule has 3 nitrogen and oxygen atoms in total. The Morgan fingerprint density at radius 2 is 1.50 bits per heavy atom. The van der Waals surface area contributed by atoms with Gasteiger partial charge in [0.05, 0.1) is 11.3 Å². The normalized spacial score (nSPS) is 11.0. The molecular formula is C21H15F3N2OS. The smallest absolute Gasteiger partial charge is 0.332 e. The number of carbonyl (C=O) groups is 1. The number of nitrogens with one attached hydrogen (secondary N) is 2. The Kier molecular flexibility index (Phi) is 5.75. The molecule has 0 aliphatic rings. The number of thiocarbonyl (C=S) groups is 1. The molecule has 0 unspecified atom stereocenters. The summed E-state index contributed by atoms with van der Waals surface area (Å²) in [6.07, 6.45) is -4.44. The largest absolute Gasteiger partial charge is 0.416 e. The molecule has 3 aromatic rings.